The van der Waals surface area contributed by atoms with Crippen LogP contribution in [0.25, 0.3) is 10.6 Å². The summed E-state index contributed by atoms with van der Waals surface area (Å²) in [5, 5.41) is 15.9. The largest absolute Gasteiger partial charge is 0.481 e. The molecule has 0 saturated heterocycles. The predicted octanol–water partition coefficient (Wildman–Crippen LogP) is 3.64. The number of carboxylic acid groups (broad SMARTS) is 1. The molecule has 134 valence electrons. The number of benzene rings is 1. The van der Waals surface area contributed by atoms with Crippen molar-refractivity contribution in [3.05, 3.63) is 64.7 Å². The summed E-state index contributed by atoms with van der Waals surface area (Å²) in [5.74, 6) is -0.784. The van der Waals surface area contributed by atoms with Crippen LogP contribution in [0.2, 0.25) is 0 Å². The van der Waals surface area contributed by atoms with Gasteiger partial charge in [-0.2, -0.15) is 5.10 Å². The lowest BCUT2D eigenvalue weighted by atomic mass is 10.0. The van der Waals surface area contributed by atoms with Crippen LogP contribution in [0.15, 0.2) is 47.8 Å². The van der Waals surface area contributed by atoms with Crippen molar-refractivity contribution in [2.45, 2.75) is 32.5 Å². The minimum atomic E-state index is -0.784. The number of thiophene rings is 1. The van der Waals surface area contributed by atoms with E-state index < -0.39 is 5.97 Å². The Balaban J connectivity index is 1.62. The van der Waals surface area contributed by atoms with E-state index in [0.717, 1.165) is 36.6 Å². The van der Waals surface area contributed by atoms with Gasteiger partial charge in [0.15, 0.2) is 0 Å². The molecule has 1 N–H and O–H groups in total. The average molecular weight is 367 g/mol. The van der Waals surface area contributed by atoms with Crippen molar-refractivity contribution in [3.63, 3.8) is 0 Å². The zero-order valence-corrected chi connectivity index (χ0v) is 15.3. The minimum absolute atomic E-state index is 0.103. The van der Waals surface area contributed by atoms with Crippen molar-refractivity contribution in [1.29, 1.82) is 0 Å². The van der Waals surface area contributed by atoms with Gasteiger partial charge in [0.1, 0.15) is 5.69 Å². The van der Waals surface area contributed by atoms with Gasteiger partial charge >= 0.3 is 5.97 Å². The summed E-state index contributed by atoms with van der Waals surface area (Å²) in [6.07, 6.45) is 1.01. The van der Waals surface area contributed by atoms with Crippen LogP contribution in [-0.2, 0) is 30.8 Å². The molecule has 0 unspecified atom stereocenters. The summed E-state index contributed by atoms with van der Waals surface area (Å²) < 4.78 is 1.92. The Hall–Kier alpha value is -2.44. The number of carbonyl (C=O) groups is 1. The van der Waals surface area contributed by atoms with Gasteiger partial charge in [-0.05, 0) is 17.0 Å². The standard InChI is InChI=1S/C20H21N3O2S/c24-19(25)9-11-23-17-8-10-22(13-15-5-2-1-3-6-15)14-16(17)20(21-23)18-7-4-12-26-18/h1-7,12H,8-11,13-14H2,(H,24,25). The molecular weight excluding hydrogens is 346 g/mol. The summed E-state index contributed by atoms with van der Waals surface area (Å²) in [6, 6.07) is 14.6. The Labute approximate surface area is 156 Å². The second kappa shape index (κ2) is 7.43. The van der Waals surface area contributed by atoms with Crippen molar-refractivity contribution < 1.29 is 9.90 Å². The van der Waals surface area contributed by atoms with Crippen LogP contribution in [0.3, 0.4) is 0 Å². The van der Waals surface area contributed by atoms with Crippen molar-refractivity contribution in [1.82, 2.24) is 14.7 Å². The molecule has 2 aromatic heterocycles. The third-order valence-electron chi connectivity index (χ3n) is 4.75. The summed E-state index contributed by atoms with van der Waals surface area (Å²) in [4.78, 5) is 14.6. The lowest BCUT2D eigenvalue weighted by Gasteiger charge is -2.27. The Morgan fingerprint density at radius 3 is 2.77 bits per heavy atom. The molecule has 0 fully saturated rings. The van der Waals surface area contributed by atoms with Gasteiger partial charge in [0.05, 0.1) is 17.8 Å². The lowest BCUT2D eigenvalue weighted by molar-refractivity contribution is -0.137. The molecule has 3 heterocycles. The Bertz CT molecular complexity index is 887. The van der Waals surface area contributed by atoms with Gasteiger partial charge < -0.3 is 5.11 Å². The molecule has 26 heavy (non-hydrogen) atoms. The van der Waals surface area contributed by atoms with E-state index >= 15 is 0 Å². The van der Waals surface area contributed by atoms with Gasteiger partial charge in [0, 0.05) is 37.3 Å². The summed E-state index contributed by atoms with van der Waals surface area (Å²) >= 11 is 1.68. The second-order valence-electron chi connectivity index (χ2n) is 6.56. The van der Waals surface area contributed by atoms with Crippen molar-refractivity contribution >= 4 is 17.3 Å². The number of aromatic nitrogens is 2. The number of aliphatic carboxylic acids is 1. The Morgan fingerprint density at radius 2 is 2.04 bits per heavy atom. The zero-order valence-electron chi connectivity index (χ0n) is 14.5. The Morgan fingerprint density at radius 1 is 1.19 bits per heavy atom. The van der Waals surface area contributed by atoms with E-state index in [0.29, 0.717) is 6.54 Å². The fourth-order valence-electron chi connectivity index (χ4n) is 3.52. The first-order chi connectivity index (χ1) is 12.7. The number of hydrogen-bond acceptors (Lipinski definition) is 4. The molecule has 0 saturated carbocycles. The normalized spacial score (nSPS) is 14.3. The maximum atomic E-state index is 11.0. The monoisotopic (exact) mass is 367 g/mol. The molecule has 3 aromatic rings. The lowest BCUT2D eigenvalue weighted by Crippen LogP contribution is -2.31. The predicted molar refractivity (Wildman–Crippen MR) is 102 cm³/mol. The number of nitrogens with zero attached hydrogens (tertiary/aromatic N) is 3. The van der Waals surface area contributed by atoms with E-state index in [1.165, 1.54) is 16.8 Å². The van der Waals surface area contributed by atoms with E-state index in [1.54, 1.807) is 11.3 Å². The van der Waals surface area contributed by atoms with E-state index in [-0.39, 0.29) is 6.42 Å². The molecule has 0 spiro atoms. The molecule has 0 amide bonds. The minimum Gasteiger partial charge on any atom is -0.481 e. The van der Waals surface area contributed by atoms with E-state index in [2.05, 4.69) is 40.6 Å². The van der Waals surface area contributed by atoms with Crippen molar-refractivity contribution in [3.8, 4) is 10.6 Å². The second-order valence-corrected chi connectivity index (χ2v) is 7.51. The number of carboxylic acids is 1. The molecule has 0 atom stereocenters. The Kier molecular flexibility index (Phi) is 4.86. The molecule has 1 aromatic carbocycles. The molecule has 0 bridgehead atoms. The maximum absolute atomic E-state index is 11.0. The number of rotatable bonds is 6. The van der Waals surface area contributed by atoms with E-state index in [9.17, 15) is 4.79 Å². The van der Waals surface area contributed by atoms with Gasteiger partial charge in [0.25, 0.3) is 0 Å². The molecule has 6 heteroatoms. The fraction of sp³-hybridized carbons (Fsp3) is 0.300. The van der Waals surface area contributed by atoms with E-state index in [4.69, 9.17) is 10.2 Å². The number of aryl methyl sites for hydroxylation is 1. The third-order valence-corrected chi connectivity index (χ3v) is 5.63. The molecule has 0 aliphatic carbocycles. The van der Waals surface area contributed by atoms with Gasteiger partial charge in [-0.25, -0.2) is 0 Å². The van der Waals surface area contributed by atoms with Crippen LogP contribution in [0.1, 0.15) is 23.2 Å². The highest BCUT2D eigenvalue weighted by Crippen LogP contribution is 2.33. The molecule has 0 radical (unpaired) electrons. The first-order valence-electron chi connectivity index (χ1n) is 8.81. The smallest absolute Gasteiger partial charge is 0.305 e. The first kappa shape index (κ1) is 17.0. The highest BCUT2D eigenvalue weighted by Gasteiger charge is 2.26. The van der Waals surface area contributed by atoms with Crippen LogP contribution >= 0.6 is 11.3 Å². The number of hydrogen-bond donors (Lipinski definition) is 1. The van der Waals surface area contributed by atoms with Crippen molar-refractivity contribution in [2.24, 2.45) is 0 Å². The summed E-state index contributed by atoms with van der Waals surface area (Å²) in [5.41, 5.74) is 4.77. The van der Waals surface area contributed by atoms with Gasteiger partial charge in [-0.3, -0.25) is 14.4 Å². The highest BCUT2D eigenvalue weighted by atomic mass is 32.1. The van der Waals surface area contributed by atoms with Crippen LogP contribution < -0.4 is 0 Å². The van der Waals surface area contributed by atoms with Gasteiger partial charge in [-0.1, -0.05) is 36.4 Å². The zero-order chi connectivity index (χ0) is 17.9. The summed E-state index contributed by atoms with van der Waals surface area (Å²) in [7, 11) is 0. The van der Waals surface area contributed by atoms with E-state index in [1.807, 2.05) is 16.8 Å². The molecule has 4 rings (SSSR count). The summed E-state index contributed by atoms with van der Waals surface area (Å²) in [6.45, 7) is 3.17. The number of fused-ring (bicyclic) bond motifs is 1. The van der Waals surface area contributed by atoms with Crippen LogP contribution in [0, 0.1) is 0 Å². The van der Waals surface area contributed by atoms with Crippen LogP contribution in [0.5, 0.6) is 0 Å². The van der Waals surface area contributed by atoms with Crippen molar-refractivity contribution in [2.75, 3.05) is 6.54 Å². The van der Waals surface area contributed by atoms with Gasteiger partial charge in [-0.15, -0.1) is 11.3 Å². The average Bonchev–Trinajstić information content (AvgIpc) is 3.28. The molecule has 5 nitrogen and oxygen atoms in total. The van der Waals surface area contributed by atoms with Gasteiger partial charge in [0.2, 0.25) is 0 Å². The highest BCUT2D eigenvalue weighted by molar-refractivity contribution is 7.13. The third kappa shape index (κ3) is 3.57. The SMILES string of the molecule is O=C(O)CCn1nc(-c2cccs2)c2c1CCN(Cc1ccccc1)C2. The molecule has 1 aliphatic heterocycles. The topological polar surface area (TPSA) is 58.4 Å². The quantitative estimate of drug-likeness (QED) is 0.723. The molecule has 1 aliphatic rings. The van der Waals surface area contributed by atoms with Crippen LogP contribution in [0.4, 0.5) is 0 Å². The van der Waals surface area contributed by atoms with Crippen LogP contribution in [-0.4, -0.2) is 32.3 Å². The fourth-order valence-corrected chi connectivity index (χ4v) is 4.26. The first-order valence-corrected chi connectivity index (χ1v) is 9.69. The molecular formula is C20H21N3O2S. The maximum Gasteiger partial charge on any atom is 0.305 e.